The summed E-state index contributed by atoms with van der Waals surface area (Å²) in [5, 5.41) is 0. The van der Waals surface area contributed by atoms with Crippen molar-refractivity contribution in [3.63, 3.8) is 0 Å². The number of allylic oxidation sites excluding steroid dienone is 4. The zero-order valence-corrected chi connectivity index (χ0v) is 21.1. The Morgan fingerprint density at radius 3 is 1.91 bits per heavy atom. The van der Waals surface area contributed by atoms with Gasteiger partial charge in [-0.05, 0) is 41.7 Å². The van der Waals surface area contributed by atoms with E-state index in [2.05, 4.69) is 49.7 Å². The number of aromatic nitrogens is 1. The number of H-pyrrole nitrogens is 1. The van der Waals surface area contributed by atoms with Gasteiger partial charge < -0.3 is 9.88 Å². The summed E-state index contributed by atoms with van der Waals surface area (Å²) in [4.78, 5) is 45.5. The third-order valence-corrected chi connectivity index (χ3v) is 7.65. The molecule has 0 amide bonds. The van der Waals surface area contributed by atoms with Gasteiger partial charge >= 0.3 is 0 Å². The summed E-state index contributed by atoms with van der Waals surface area (Å²) >= 11 is 0. The number of benzene rings is 1. The molecule has 2 aliphatic carbocycles. The number of Topliss-reactive ketones (excluding diaryl/α,β-unsaturated/α-hetero) is 2. The van der Waals surface area contributed by atoms with E-state index in [0.717, 1.165) is 30.7 Å². The molecule has 0 bridgehead atoms. The highest BCUT2D eigenvalue weighted by molar-refractivity contribution is 6.06. The molecule has 2 heterocycles. The van der Waals surface area contributed by atoms with E-state index in [1.165, 1.54) is 5.56 Å². The maximum atomic E-state index is 13.7. The molecule has 5 nitrogen and oxygen atoms in total. The number of ketones is 2. The van der Waals surface area contributed by atoms with Gasteiger partial charge in [0.25, 0.3) is 5.56 Å². The fraction of sp³-hybridized carbons (Fsp3) is 0.433. The van der Waals surface area contributed by atoms with Crippen molar-refractivity contribution in [3.05, 3.63) is 92.7 Å². The Morgan fingerprint density at radius 2 is 1.37 bits per heavy atom. The largest absolute Gasteiger partial charge is 0.347 e. The highest BCUT2D eigenvalue weighted by Gasteiger charge is 2.49. The molecule has 3 aliphatic rings. The summed E-state index contributed by atoms with van der Waals surface area (Å²) in [6.45, 7) is 9.23. The summed E-state index contributed by atoms with van der Waals surface area (Å²) in [5.41, 5.74) is 4.43. The van der Waals surface area contributed by atoms with Crippen LogP contribution >= 0.6 is 0 Å². The second-order valence-electron chi connectivity index (χ2n) is 11.9. The lowest BCUT2D eigenvalue weighted by Crippen LogP contribution is -2.45. The van der Waals surface area contributed by atoms with Crippen molar-refractivity contribution in [2.45, 2.75) is 65.7 Å². The predicted molar refractivity (Wildman–Crippen MR) is 137 cm³/mol. The zero-order valence-electron chi connectivity index (χ0n) is 21.1. The van der Waals surface area contributed by atoms with Crippen LogP contribution in [-0.4, -0.2) is 28.0 Å². The van der Waals surface area contributed by atoms with Gasteiger partial charge in [-0.25, -0.2) is 0 Å². The topological polar surface area (TPSA) is 70.2 Å². The van der Waals surface area contributed by atoms with E-state index in [9.17, 15) is 14.4 Å². The number of nitrogens with one attached hydrogen (secondary N) is 1. The SMILES string of the molecule is CC1(C)CC(=O)C2=C(C1)N(CCc1ccccc1)C1=C(C(=O)CC(C)(C)C1)C2c1ccc[nH]c1=O. The van der Waals surface area contributed by atoms with Crippen molar-refractivity contribution in [3.8, 4) is 0 Å². The summed E-state index contributed by atoms with van der Waals surface area (Å²) in [6.07, 6.45) is 4.74. The van der Waals surface area contributed by atoms with Gasteiger partial charge in [0.05, 0.1) is 0 Å². The van der Waals surface area contributed by atoms with Gasteiger partial charge in [-0.15, -0.1) is 0 Å². The number of carbonyl (C=O) groups is 2. The van der Waals surface area contributed by atoms with Crippen molar-refractivity contribution < 1.29 is 9.59 Å². The van der Waals surface area contributed by atoms with Crippen LogP contribution in [0.2, 0.25) is 0 Å². The maximum absolute atomic E-state index is 13.7. The molecule has 0 fully saturated rings. The van der Waals surface area contributed by atoms with Gasteiger partial charge in [0.2, 0.25) is 0 Å². The van der Waals surface area contributed by atoms with E-state index >= 15 is 0 Å². The Hall–Kier alpha value is -3.21. The Labute approximate surface area is 206 Å². The fourth-order valence-corrected chi connectivity index (χ4v) is 6.18. The molecule has 0 spiro atoms. The quantitative estimate of drug-likeness (QED) is 0.658. The molecule has 0 unspecified atom stereocenters. The number of hydrogen-bond acceptors (Lipinski definition) is 4. The zero-order chi connectivity index (χ0) is 25.0. The highest BCUT2D eigenvalue weighted by atomic mass is 16.1. The van der Waals surface area contributed by atoms with Gasteiger partial charge in [-0.2, -0.15) is 0 Å². The van der Waals surface area contributed by atoms with Gasteiger partial charge in [-0.3, -0.25) is 14.4 Å². The molecule has 1 aromatic heterocycles. The fourth-order valence-electron chi connectivity index (χ4n) is 6.18. The van der Waals surface area contributed by atoms with Crippen LogP contribution in [0.15, 0.2) is 76.0 Å². The molecule has 5 rings (SSSR count). The number of carbonyl (C=O) groups excluding carboxylic acids is 2. The molecule has 2 aromatic rings. The van der Waals surface area contributed by atoms with Crippen LogP contribution in [0.1, 0.15) is 70.4 Å². The van der Waals surface area contributed by atoms with E-state index in [0.29, 0.717) is 36.1 Å². The molecular weight excluding hydrogens is 436 g/mol. The molecule has 182 valence electrons. The lowest BCUT2D eigenvalue weighted by molar-refractivity contribution is -0.119. The summed E-state index contributed by atoms with van der Waals surface area (Å²) in [6, 6.07) is 13.9. The van der Waals surface area contributed by atoms with Crippen LogP contribution in [0.3, 0.4) is 0 Å². The number of nitrogens with zero attached hydrogens (tertiary/aromatic N) is 1. The van der Waals surface area contributed by atoms with Crippen molar-refractivity contribution in [2.24, 2.45) is 10.8 Å². The number of aromatic amines is 1. The molecule has 1 N–H and O–H groups in total. The van der Waals surface area contributed by atoms with Crippen molar-refractivity contribution in [2.75, 3.05) is 6.54 Å². The lowest BCUT2D eigenvalue weighted by Gasteiger charge is -2.49. The van der Waals surface area contributed by atoms with Gasteiger partial charge in [0.1, 0.15) is 0 Å². The normalized spacial score (nSPS) is 21.8. The summed E-state index contributed by atoms with van der Waals surface area (Å²) in [7, 11) is 0. The number of rotatable bonds is 4. The van der Waals surface area contributed by atoms with Crippen LogP contribution in [-0.2, 0) is 16.0 Å². The van der Waals surface area contributed by atoms with E-state index in [-0.39, 0.29) is 28.0 Å². The minimum absolute atomic E-state index is 0.0541. The predicted octanol–water partition coefficient (Wildman–Crippen LogP) is 5.30. The molecule has 5 heteroatoms. The molecule has 0 saturated carbocycles. The van der Waals surface area contributed by atoms with E-state index in [1.807, 2.05) is 18.2 Å². The smallest absolute Gasteiger partial charge is 0.252 e. The Balaban J connectivity index is 1.72. The van der Waals surface area contributed by atoms with Crippen LogP contribution in [0.25, 0.3) is 0 Å². The third-order valence-electron chi connectivity index (χ3n) is 7.65. The van der Waals surface area contributed by atoms with Gasteiger partial charge in [0.15, 0.2) is 11.6 Å². The highest BCUT2D eigenvalue weighted by Crippen LogP contribution is 2.53. The Bertz CT molecular complexity index is 1260. The first kappa shape index (κ1) is 23.5. The van der Waals surface area contributed by atoms with Gasteiger partial charge in [-0.1, -0.05) is 64.1 Å². The first-order valence-electron chi connectivity index (χ1n) is 12.6. The monoisotopic (exact) mass is 470 g/mol. The number of pyridine rings is 1. The molecule has 1 aromatic carbocycles. The minimum Gasteiger partial charge on any atom is -0.347 e. The molecule has 0 atom stereocenters. The van der Waals surface area contributed by atoms with Crippen molar-refractivity contribution >= 4 is 11.6 Å². The first-order valence-corrected chi connectivity index (χ1v) is 12.6. The minimum atomic E-state index is -0.592. The molecular formula is C30H34N2O3. The Kier molecular flexibility index (Phi) is 5.70. The van der Waals surface area contributed by atoms with E-state index in [1.54, 1.807) is 18.3 Å². The molecule has 0 radical (unpaired) electrons. The second-order valence-corrected chi connectivity index (χ2v) is 11.9. The Morgan fingerprint density at radius 1 is 0.800 bits per heavy atom. The van der Waals surface area contributed by atoms with Crippen LogP contribution in [0, 0.1) is 10.8 Å². The summed E-state index contributed by atoms with van der Waals surface area (Å²) in [5.74, 6) is -0.484. The van der Waals surface area contributed by atoms with E-state index < -0.39 is 5.92 Å². The average molecular weight is 471 g/mol. The molecule has 1 aliphatic heterocycles. The maximum Gasteiger partial charge on any atom is 0.252 e. The molecule has 35 heavy (non-hydrogen) atoms. The van der Waals surface area contributed by atoms with E-state index in [4.69, 9.17) is 0 Å². The van der Waals surface area contributed by atoms with Gasteiger partial charge in [0, 0.05) is 59.6 Å². The number of hydrogen-bond donors (Lipinski definition) is 1. The average Bonchev–Trinajstić information content (AvgIpc) is 2.77. The second kappa shape index (κ2) is 8.47. The van der Waals surface area contributed by atoms with Crippen LogP contribution < -0.4 is 5.56 Å². The van der Waals surface area contributed by atoms with Crippen LogP contribution in [0.5, 0.6) is 0 Å². The van der Waals surface area contributed by atoms with Crippen LogP contribution in [0.4, 0.5) is 0 Å². The first-order chi connectivity index (χ1) is 16.6. The third kappa shape index (κ3) is 4.33. The van der Waals surface area contributed by atoms with Crippen molar-refractivity contribution in [1.29, 1.82) is 0 Å². The van der Waals surface area contributed by atoms with Crippen molar-refractivity contribution in [1.82, 2.24) is 9.88 Å². The summed E-state index contributed by atoms with van der Waals surface area (Å²) < 4.78 is 0. The molecule has 0 saturated heterocycles. The lowest BCUT2D eigenvalue weighted by atomic mass is 9.63. The standard InChI is InChI=1S/C30H34N2O3/c1-29(2)15-21-26(23(33)17-29)25(20-11-8-13-31-28(20)35)27-22(16-30(3,4)18-24(27)34)32(21)14-12-19-9-6-5-7-10-19/h5-11,13,25H,12,14-18H2,1-4H3,(H,31,35).